The van der Waals surface area contributed by atoms with Gasteiger partial charge < -0.3 is 5.32 Å². The summed E-state index contributed by atoms with van der Waals surface area (Å²) in [6, 6.07) is 1.87. The van der Waals surface area contributed by atoms with Gasteiger partial charge in [-0.3, -0.25) is 9.78 Å². The number of nitrogens with zero attached hydrogens (tertiary/aromatic N) is 2. The molecule has 0 spiro atoms. The van der Waals surface area contributed by atoms with E-state index in [1.165, 1.54) is 12.3 Å². The molecule has 3 atom stereocenters. The van der Waals surface area contributed by atoms with Gasteiger partial charge in [-0.1, -0.05) is 18.5 Å². The lowest BCUT2D eigenvalue weighted by Gasteiger charge is -2.55. The Morgan fingerprint density at radius 3 is 2.89 bits per heavy atom. The first-order valence-corrected chi connectivity index (χ1v) is 9.73. The van der Waals surface area contributed by atoms with E-state index in [-0.39, 0.29) is 21.5 Å². The molecule has 1 heterocycles. The number of fused-ring (bicyclic) bond motifs is 1. The topological polar surface area (TPSA) is 65.8 Å². The third-order valence-electron chi connectivity index (χ3n) is 4.92. The molecule has 2 aliphatic rings. The van der Waals surface area contributed by atoms with E-state index >= 15 is 0 Å². The Morgan fingerprint density at radius 1 is 1.56 bits per heavy atom. The molecule has 2 aliphatic carbocycles. The lowest BCUT2D eigenvalue weighted by Crippen LogP contribution is -2.61. The van der Waals surface area contributed by atoms with Crippen molar-refractivity contribution in [2.75, 3.05) is 0 Å². The minimum atomic E-state index is -0.697. The zero-order chi connectivity index (χ0) is 19.9. The molecule has 8 heteroatoms. The quantitative estimate of drug-likeness (QED) is 0.382. The third-order valence-corrected chi connectivity index (χ3v) is 6.57. The predicted molar refractivity (Wildman–Crippen MR) is 106 cm³/mol. The van der Waals surface area contributed by atoms with Crippen LogP contribution >= 0.6 is 39.1 Å². The summed E-state index contributed by atoms with van der Waals surface area (Å²) in [6.45, 7) is 3.68. The largest absolute Gasteiger partial charge is 0.380 e. The number of allylic oxidation sites excluding steroid dienone is 5. The first kappa shape index (κ1) is 20.1. The van der Waals surface area contributed by atoms with Crippen molar-refractivity contribution in [1.82, 2.24) is 10.3 Å². The van der Waals surface area contributed by atoms with E-state index < -0.39 is 17.0 Å². The number of hydrogen-bond acceptors (Lipinski definition) is 4. The highest BCUT2D eigenvalue weighted by atomic mass is 79.9. The van der Waals surface area contributed by atoms with Crippen LogP contribution in [0, 0.1) is 22.6 Å². The number of pyridine rings is 1. The Labute approximate surface area is 174 Å². The molecule has 0 saturated heterocycles. The van der Waals surface area contributed by atoms with Crippen molar-refractivity contribution in [3.05, 3.63) is 62.3 Å². The Hall–Kier alpha value is -1.68. The highest BCUT2D eigenvalue weighted by Crippen LogP contribution is 2.57. The summed E-state index contributed by atoms with van der Waals surface area (Å²) in [7, 11) is 0. The molecular formula is C19H15BrCl2FN3O. The molecule has 27 heavy (non-hydrogen) atoms. The molecule has 1 aromatic heterocycles. The van der Waals surface area contributed by atoms with E-state index in [1.807, 2.05) is 6.92 Å². The van der Waals surface area contributed by atoms with Crippen LogP contribution in [0.3, 0.4) is 0 Å². The third kappa shape index (κ3) is 3.44. The van der Waals surface area contributed by atoms with Crippen LogP contribution in [0.5, 0.6) is 0 Å². The molecule has 3 rings (SSSR count). The molecule has 0 amide bonds. The number of nitriles is 1. The number of halogens is 4. The van der Waals surface area contributed by atoms with Crippen LogP contribution in [0.15, 0.2) is 50.9 Å². The molecule has 0 radical (unpaired) electrons. The number of aromatic nitrogens is 1. The Morgan fingerprint density at radius 2 is 2.26 bits per heavy atom. The second-order valence-electron chi connectivity index (χ2n) is 6.83. The van der Waals surface area contributed by atoms with E-state index in [9.17, 15) is 9.18 Å². The van der Waals surface area contributed by atoms with Gasteiger partial charge in [0.2, 0.25) is 0 Å². The molecule has 140 valence electrons. The Bertz CT molecular complexity index is 946. The number of nitrogens with one attached hydrogen (secondary N) is 1. The first-order valence-electron chi connectivity index (χ1n) is 8.12. The van der Waals surface area contributed by atoms with E-state index in [4.69, 9.17) is 28.5 Å². The van der Waals surface area contributed by atoms with Gasteiger partial charge in [0.05, 0.1) is 29.2 Å². The smallest absolute Gasteiger partial charge is 0.191 e. The molecule has 0 aromatic carbocycles. The van der Waals surface area contributed by atoms with Gasteiger partial charge in [-0.2, -0.15) is 5.26 Å². The van der Waals surface area contributed by atoms with E-state index in [0.29, 0.717) is 22.7 Å². The minimum absolute atomic E-state index is 0.0801. The van der Waals surface area contributed by atoms with Crippen LogP contribution in [-0.4, -0.2) is 22.2 Å². The highest BCUT2D eigenvalue weighted by molar-refractivity contribution is 9.10. The summed E-state index contributed by atoms with van der Waals surface area (Å²) in [6.07, 6.45) is 5.86. The lowest BCUT2D eigenvalue weighted by atomic mass is 9.57. The fourth-order valence-electron chi connectivity index (χ4n) is 3.63. The van der Waals surface area contributed by atoms with Crippen LogP contribution in [0.2, 0.25) is 0 Å². The molecule has 3 unspecified atom stereocenters. The van der Waals surface area contributed by atoms with Gasteiger partial charge in [-0.25, -0.2) is 4.39 Å². The number of hydrogen-bond donors (Lipinski definition) is 1. The Kier molecular flexibility index (Phi) is 5.49. The van der Waals surface area contributed by atoms with Gasteiger partial charge in [-0.15, -0.1) is 11.6 Å². The average Bonchev–Trinajstić information content (AvgIpc) is 2.59. The van der Waals surface area contributed by atoms with Gasteiger partial charge in [-0.05, 0) is 40.9 Å². The standard InChI is InChI=1S/C19H15BrCl2FN3O/c1-9(3-14(27)15-11(20)7-25-8-13(15)23)26-17-16-12(21)4-10(6-24)5-19(16,2)18(17)22/h3-4,7-8,17-18,26H,5H2,1-2H3/b9-3+. The van der Waals surface area contributed by atoms with Crippen LogP contribution < -0.4 is 5.32 Å². The molecule has 1 N–H and O–H groups in total. The predicted octanol–water partition coefficient (Wildman–Crippen LogP) is 5.00. The number of carbonyl (C=O) groups excluding carboxylic acids is 1. The van der Waals surface area contributed by atoms with E-state index in [1.54, 1.807) is 13.0 Å². The fraction of sp³-hybridized carbons (Fsp3) is 0.316. The number of carbonyl (C=O) groups is 1. The first-order chi connectivity index (χ1) is 12.7. The summed E-state index contributed by atoms with van der Waals surface area (Å²) in [5.41, 5.74) is 1.56. The van der Waals surface area contributed by atoms with Crippen molar-refractivity contribution in [1.29, 1.82) is 5.26 Å². The van der Waals surface area contributed by atoms with E-state index in [2.05, 4.69) is 32.3 Å². The van der Waals surface area contributed by atoms with E-state index in [0.717, 1.165) is 11.8 Å². The molecule has 1 fully saturated rings. The van der Waals surface area contributed by atoms with Crippen molar-refractivity contribution >= 4 is 44.9 Å². The molecular weight excluding hydrogens is 456 g/mol. The SMILES string of the molecule is C/C(=C\C(=O)c1c(F)cncc1Br)NC1C2=C(Cl)C=C(C#N)CC2(C)C1Cl. The summed E-state index contributed by atoms with van der Waals surface area (Å²) >= 11 is 16.1. The van der Waals surface area contributed by atoms with Gasteiger partial charge in [0.1, 0.15) is 0 Å². The number of rotatable bonds is 4. The van der Waals surface area contributed by atoms with Crippen LogP contribution in [0.1, 0.15) is 30.6 Å². The van der Waals surface area contributed by atoms with Crippen LogP contribution in [0.25, 0.3) is 0 Å². The van der Waals surface area contributed by atoms with Gasteiger partial charge >= 0.3 is 0 Å². The van der Waals surface area contributed by atoms with Crippen LogP contribution in [0.4, 0.5) is 4.39 Å². The van der Waals surface area contributed by atoms with Gasteiger partial charge in [0, 0.05) is 38.5 Å². The normalized spacial score (nSPS) is 27.3. The average molecular weight is 471 g/mol. The summed E-state index contributed by atoms with van der Waals surface area (Å²) < 4.78 is 14.2. The zero-order valence-corrected chi connectivity index (χ0v) is 17.6. The minimum Gasteiger partial charge on any atom is -0.380 e. The van der Waals surface area contributed by atoms with Crippen LogP contribution in [-0.2, 0) is 0 Å². The van der Waals surface area contributed by atoms with Crippen molar-refractivity contribution < 1.29 is 9.18 Å². The lowest BCUT2D eigenvalue weighted by molar-refractivity contribution is 0.104. The second kappa shape index (κ2) is 7.38. The van der Waals surface area contributed by atoms with Gasteiger partial charge in [0.25, 0.3) is 0 Å². The number of ketones is 1. The number of alkyl halides is 1. The molecule has 0 bridgehead atoms. The highest BCUT2D eigenvalue weighted by Gasteiger charge is 2.57. The molecule has 1 saturated carbocycles. The molecule has 0 aliphatic heterocycles. The van der Waals surface area contributed by atoms with Crippen molar-refractivity contribution in [2.45, 2.75) is 31.7 Å². The maximum absolute atomic E-state index is 13.9. The second-order valence-corrected chi connectivity index (χ2v) is 8.56. The maximum Gasteiger partial charge on any atom is 0.191 e. The summed E-state index contributed by atoms with van der Waals surface area (Å²) in [4.78, 5) is 16.1. The Balaban J connectivity index is 1.84. The van der Waals surface area contributed by atoms with Crippen molar-refractivity contribution in [3.8, 4) is 6.07 Å². The van der Waals surface area contributed by atoms with Gasteiger partial charge in [0.15, 0.2) is 11.6 Å². The summed E-state index contributed by atoms with van der Waals surface area (Å²) in [5.74, 6) is -1.19. The maximum atomic E-state index is 13.9. The van der Waals surface area contributed by atoms with Crippen molar-refractivity contribution in [3.63, 3.8) is 0 Å². The molecule has 1 aromatic rings. The summed E-state index contributed by atoms with van der Waals surface area (Å²) in [5, 5.41) is 12.5. The zero-order valence-electron chi connectivity index (χ0n) is 14.5. The monoisotopic (exact) mass is 469 g/mol. The molecule has 4 nitrogen and oxygen atoms in total. The fourth-order valence-corrected chi connectivity index (χ4v) is 4.98. The van der Waals surface area contributed by atoms with Crippen molar-refractivity contribution in [2.24, 2.45) is 5.41 Å².